The van der Waals surface area contributed by atoms with Crippen LogP contribution in [-0.2, 0) is 0 Å². The third kappa shape index (κ3) is 2.36. The Morgan fingerprint density at radius 1 is 0.960 bits per heavy atom. The lowest BCUT2D eigenvalue weighted by Gasteiger charge is -2.07. The van der Waals surface area contributed by atoms with Crippen molar-refractivity contribution in [3.8, 4) is 11.5 Å². The van der Waals surface area contributed by atoms with E-state index in [1.807, 2.05) is 67.8 Å². The fraction of sp³-hybridized carbons (Fsp3) is 0.150. The summed E-state index contributed by atoms with van der Waals surface area (Å²) in [5.74, 6) is 0.801. The molecule has 0 unspecified atom stereocenters. The molecule has 0 saturated heterocycles. The molecule has 0 aliphatic carbocycles. The number of pyridine rings is 1. The number of hydrogen-bond acceptors (Lipinski definition) is 3. The summed E-state index contributed by atoms with van der Waals surface area (Å²) < 4.78 is 3.47. The highest BCUT2D eigenvalue weighted by molar-refractivity contribution is 5.88. The molecule has 4 aromatic rings. The molecule has 25 heavy (non-hydrogen) atoms. The van der Waals surface area contributed by atoms with Gasteiger partial charge in [-0.3, -0.25) is 4.79 Å². The Balaban J connectivity index is 2.03. The first-order valence-electron chi connectivity index (χ1n) is 8.16. The van der Waals surface area contributed by atoms with Gasteiger partial charge in [0.1, 0.15) is 5.82 Å². The number of aromatic nitrogens is 4. The highest BCUT2D eigenvalue weighted by Crippen LogP contribution is 2.25. The molecule has 5 nitrogen and oxygen atoms in total. The van der Waals surface area contributed by atoms with Crippen molar-refractivity contribution in [1.82, 2.24) is 19.3 Å². The van der Waals surface area contributed by atoms with Crippen LogP contribution in [0.25, 0.3) is 22.3 Å². The lowest BCUT2D eigenvalue weighted by molar-refractivity contribution is 0.820. The Labute approximate surface area is 145 Å². The molecule has 0 aliphatic heterocycles. The lowest BCUT2D eigenvalue weighted by atomic mass is 10.2. The predicted octanol–water partition coefficient (Wildman–Crippen LogP) is 3.50. The van der Waals surface area contributed by atoms with E-state index in [4.69, 9.17) is 0 Å². The third-order valence-electron chi connectivity index (χ3n) is 4.52. The molecule has 0 bridgehead atoms. The van der Waals surface area contributed by atoms with Crippen molar-refractivity contribution in [3.63, 3.8) is 0 Å². The lowest BCUT2D eigenvalue weighted by Crippen LogP contribution is -2.21. The van der Waals surface area contributed by atoms with E-state index in [0.717, 1.165) is 33.8 Å². The summed E-state index contributed by atoms with van der Waals surface area (Å²) in [5.41, 5.74) is 3.59. The minimum absolute atomic E-state index is 0.113. The van der Waals surface area contributed by atoms with Crippen LogP contribution in [-0.4, -0.2) is 19.3 Å². The summed E-state index contributed by atoms with van der Waals surface area (Å²) in [5, 5.41) is 5.94. The summed E-state index contributed by atoms with van der Waals surface area (Å²) in [6.07, 6.45) is 3.52. The number of fused-ring (bicyclic) bond motifs is 1. The van der Waals surface area contributed by atoms with Crippen LogP contribution in [0.15, 0.2) is 59.7 Å². The van der Waals surface area contributed by atoms with Crippen LogP contribution in [0.1, 0.15) is 17.0 Å². The average molecular weight is 330 g/mol. The molecule has 3 heterocycles. The van der Waals surface area contributed by atoms with E-state index in [0.29, 0.717) is 5.39 Å². The van der Waals surface area contributed by atoms with Gasteiger partial charge in [-0.15, -0.1) is 0 Å². The molecule has 124 valence electrons. The molecule has 0 radical (unpaired) electrons. The summed E-state index contributed by atoms with van der Waals surface area (Å²) in [4.78, 5) is 17.5. The van der Waals surface area contributed by atoms with Gasteiger partial charge in [0.15, 0.2) is 0 Å². The Morgan fingerprint density at radius 2 is 1.80 bits per heavy atom. The van der Waals surface area contributed by atoms with Gasteiger partial charge in [0, 0.05) is 23.0 Å². The van der Waals surface area contributed by atoms with E-state index in [1.54, 1.807) is 12.4 Å². The van der Waals surface area contributed by atoms with Crippen molar-refractivity contribution in [1.29, 1.82) is 0 Å². The summed E-state index contributed by atoms with van der Waals surface area (Å²) in [6, 6.07) is 13.5. The van der Waals surface area contributed by atoms with Gasteiger partial charge in [-0.2, -0.15) is 9.78 Å². The van der Waals surface area contributed by atoms with Gasteiger partial charge in [0.2, 0.25) is 0 Å². The first-order chi connectivity index (χ1) is 12.1. The van der Waals surface area contributed by atoms with Crippen LogP contribution >= 0.6 is 0 Å². The minimum atomic E-state index is -0.113. The molecular weight excluding hydrogens is 312 g/mol. The highest BCUT2D eigenvalue weighted by atomic mass is 16.1. The normalized spacial score (nSPS) is 11.2. The molecule has 0 N–H and O–H groups in total. The van der Waals surface area contributed by atoms with Crippen LogP contribution in [0.2, 0.25) is 0 Å². The summed E-state index contributed by atoms with van der Waals surface area (Å²) >= 11 is 0. The van der Waals surface area contributed by atoms with Gasteiger partial charge in [-0.1, -0.05) is 18.2 Å². The maximum absolute atomic E-state index is 13.1. The van der Waals surface area contributed by atoms with Crippen molar-refractivity contribution in [3.05, 3.63) is 82.2 Å². The zero-order chi connectivity index (χ0) is 17.6. The third-order valence-corrected chi connectivity index (χ3v) is 4.52. The molecule has 5 heteroatoms. The number of rotatable bonds is 2. The standard InChI is InChI=1S/C20H18N4O/c1-13-7-6-8-16(11-13)24-20(25)19-15(3)23(14(2)17(19)12-22-24)18-9-4-5-10-21-18/h4-12H,1-3H3. The summed E-state index contributed by atoms with van der Waals surface area (Å²) in [7, 11) is 0. The fourth-order valence-electron chi connectivity index (χ4n) is 3.33. The number of hydrogen-bond donors (Lipinski definition) is 0. The molecule has 0 spiro atoms. The van der Waals surface area contributed by atoms with Gasteiger partial charge in [0.25, 0.3) is 5.56 Å². The molecule has 4 rings (SSSR count). The largest absolute Gasteiger partial charge is 0.302 e. The molecule has 0 aliphatic rings. The Hall–Kier alpha value is -3.21. The molecule has 0 atom stereocenters. The maximum atomic E-state index is 13.1. The number of nitrogens with zero attached hydrogens (tertiary/aromatic N) is 4. The molecule has 0 amide bonds. The summed E-state index contributed by atoms with van der Waals surface area (Å²) in [6.45, 7) is 5.94. The van der Waals surface area contributed by atoms with E-state index < -0.39 is 0 Å². The molecule has 0 saturated carbocycles. The average Bonchev–Trinajstić information content (AvgIpc) is 2.87. The van der Waals surface area contributed by atoms with Gasteiger partial charge in [0.05, 0.1) is 17.3 Å². The van der Waals surface area contributed by atoms with Crippen LogP contribution in [0, 0.1) is 20.8 Å². The van der Waals surface area contributed by atoms with Crippen LogP contribution in [0.3, 0.4) is 0 Å². The van der Waals surface area contributed by atoms with E-state index in [1.165, 1.54) is 4.68 Å². The topological polar surface area (TPSA) is 52.7 Å². The minimum Gasteiger partial charge on any atom is -0.302 e. The maximum Gasteiger partial charge on any atom is 0.281 e. The Bertz CT molecular complexity index is 1140. The Morgan fingerprint density at radius 3 is 2.52 bits per heavy atom. The second kappa shape index (κ2) is 5.70. The second-order valence-corrected chi connectivity index (χ2v) is 6.18. The quantitative estimate of drug-likeness (QED) is 0.565. The van der Waals surface area contributed by atoms with Crippen molar-refractivity contribution < 1.29 is 0 Å². The van der Waals surface area contributed by atoms with Crippen molar-refractivity contribution in [2.24, 2.45) is 0 Å². The van der Waals surface area contributed by atoms with E-state index in [9.17, 15) is 4.79 Å². The number of aryl methyl sites for hydroxylation is 3. The monoisotopic (exact) mass is 330 g/mol. The van der Waals surface area contributed by atoms with Crippen LogP contribution in [0.4, 0.5) is 0 Å². The van der Waals surface area contributed by atoms with E-state index >= 15 is 0 Å². The van der Waals surface area contributed by atoms with E-state index in [-0.39, 0.29) is 5.56 Å². The van der Waals surface area contributed by atoms with Crippen LogP contribution < -0.4 is 5.56 Å². The van der Waals surface area contributed by atoms with Crippen molar-refractivity contribution in [2.75, 3.05) is 0 Å². The van der Waals surface area contributed by atoms with Crippen LogP contribution in [0.5, 0.6) is 0 Å². The van der Waals surface area contributed by atoms with E-state index in [2.05, 4.69) is 10.1 Å². The van der Waals surface area contributed by atoms with Gasteiger partial charge in [-0.25, -0.2) is 4.98 Å². The molecule has 3 aromatic heterocycles. The predicted molar refractivity (Wildman–Crippen MR) is 98.7 cm³/mol. The van der Waals surface area contributed by atoms with Gasteiger partial charge in [-0.05, 0) is 50.6 Å². The zero-order valence-corrected chi connectivity index (χ0v) is 14.4. The number of benzene rings is 1. The SMILES string of the molecule is Cc1cccc(-n2ncc3c(C)n(-c4ccccn4)c(C)c3c2=O)c1. The molecule has 1 aromatic carbocycles. The van der Waals surface area contributed by atoms with Crippen molar-refractivity contribution in [2.45, 2.75) is 20.8 Å². The molecule has 0 fully saturated rings. The zero-order valence-electron chi connectivity index (χ0n) is 14.4. The first-order valence-corrected chi connectivity index (χ1v) is 8.16. The smallest absolute Gasteiger partial charge is 0.281 e. The highest BCUT2D eigenvalue weighted by Gasteiger charge is 2.18. The first kappa shape index (κ1) is 15.3. The van der Waals surface area contributed by atoms with Gasteiger partial charge < -0.3 is 4.57 Å². The molecular formula is C20H18N4O. The van der Waals surface area contributed by atoms with Crippen molar-refractivity contribution >= 4 is 10.8 Å². The second-order valence-electron chi connectivity index (χ2n) is 6.18. The van der Waals surface area contributed by atoms with Gasteiger partial charge >= 0.3 is 0 Å². The Kier molecular flexibility index (Phi) is 3.50. The fourth-order valence-corrected chi connectivity index (χ4v) is 3.33.